The summed E-state index contributed by atoms with van der Waals surface area (Å²) >= 11 is -5.25. The van der Waals surface area contributed by atoms with Crippen molar-refractivity contribution >= 4 is 10.4 Å². The van der Waals surface area contributed by atoms with Crippen molar-refractivity contribution in [3.8, 4) is 0 Å². The number of hydrogen-bond acceptors (Lipinski definition) is 4. The molecule has 0 aromatic heterocycles. The molecule has 0 fully saturated rings. The molecular formula is H4Cr2O8S. The molecule has 11 heteroatoms. The van der Waals surface area contributed by atoms with Gasteiger partial charge in [-0.25, -0.2) is 0 Å². The van der Waals surface area contributed by atoms with Crippen LogP contribution in [0.5, 0.6) is 0 Å². The van der Waals surface area contributed by atoms with Crippen LogP contribution in [0.1, 0.15) is 0 Å². The summed E-state index contributed by atoms with van der Waals surface area (Å²) in [5, 5.41) is 0. The topological polar surface area (TPSA) is 149 Å². The monoisotopic (exact) mass is 268 g/mol. The molecule has 0 amide bonds. The van der Waals surface area contributed by atoms with E-state index in [4.69, 9.17) is 33.4 Å². The molecule has 0 bridgehead atoms. The van der Waals surface area contributed by atoms with Gasteiger partial charge in [0.15, 0.2) is 0 Å². The van der Waals surface area contributed by atoms with Crippen molar-refractivity contribution in [2.24, 2.45) is 0 Å². The Labute approximate surface area is 74.9 Å². The van der Waals surface area contributed by atoms with Crippen molar-refractivity contribution in [2.45, 2.75) is 0 Å². The van der Waals surface area contributed by atoms with E-state index in [0.717, 1.165) is 0 Å². The molecule has 0 atom stereocenters. The Morgan fingerprint density at radius 3 is 1.00 bits per heavy atom. The van der Waals surface area contributed by atoms with E-state index in [2.05, 4.69) is 0 Å². The van der Waals surface area contributed by atoms with Crippen LogP contribution >= 0.6 is 0 Å². The zero-order chi connectivity index (χ0) is 9.00. The Balaban J connectivity index is -0.000000107. The van der Waals surface area contributed by atoms with E-state index in [9.17, 15) is 0 Å². The Hall–Kier alpha value is 0.455. The molecule has 0 aliphatic rings. The molecule has 0 rings (SSSR count). The number of rotatable bonds is 0. The fourth-order valence-electron chi connectivity index (χ4n) is 0. The van der Waals surface area contributed by atoms with Gasteiger partial charge in [-0.15, -0.1) is 0 Å². The third kappa shape index (κ3) is 3610. The molecular weight excluding hydrogens is 264 g/mol. The first-order chi connectivity index (χ1) is 4.00. The molecule has 0 spiro atoms. The van der Waals surface area contributed by atoms with Gasteiger partial charge < -0.3 is 0 Å². The molecule has 0 aliphatic carbocycles. The molecule has 0 unspecified atom stereocenters. The Kier molecular flexibility index (Phi) is 9.59. The summed E-state index contributed by atoms with van der Waals surface area (Å²) in [5.74, 6) is 0. The average molecular weight is 268 g/mol. The molecule has 0 saturated heterocycles. The molecule has 0 aromatic rings. The number of hydrogen-bond donors (Lipinski definition) is 4. The second-order valence-corrected chi connectivity index (χ2v) is 3.19. The van der Waals surface area contributed by atoms with E-state index in [1.165, 1.54) is 0 Å². The van der Waals surface area contributed by atoms with Crippen molar-refractivity contribution in [1.82, 2.24) is 0 Å². The maximum absolute atomic E-state index is 8.82. The second kappa shape index (κ2) is 6.02. The van der Waals surface area contributed by atoms with E-state index in [1.807, 2.05) is 0 Å². The van der Waals surface area contributed by atoms with Crippen molar-refractivity contribution in [2.75, 3.05) is 0 Å². The van der Waals surface area contributed by atoms with Gasteiger partial charge in [0.25, 0.3) is 0 Å². The predicted molar refractivity (Wildman–Crippen MR) is 20.0 cm³/mol. The van der Waals surface area contributed by atoms with Gasteiger partial charge in [0.1, 0.15) is 0 Å². The first-order valence-electron chi connectivity index (χ1n) is 1.40. The van der Waals surface area contributed by atoms with E-state index in [1.54, 1.807) is 0 Å². The first kappa shape index (κ1) is 17.5. The predicted octanol–water partition coefficient (Wildman–Crippen LogP) is -2.01. The molecule has 0 aromatic carbocycles. The fourth-order valence-corrected chi connectivity index (χ4v) is 0. The van der Waals surface area contributed by atoms with Gasteiger partial charge in [0.05, 0.1) is 0 Å². The van der Waals surface area contributed by atoms with Gasteiger partial charge in [-0.1, -0.05) is 0 Å². The minimum atomic E-state index is -5.25. The van der Waals surface area contributed by atoms with E-state index in [0.29, 0.717) is 0 Å². The minimum absolute atomic E-state index is 0. The van der Waals surface area contributed by atoms with Gasteiger partial charge >= 0.3 is 39.9 Å². The molecule has 0 radical (unpaired) electrons. The van der Waals surface area contributed by atoms with Crippen LogP contribution < -0.4 is 0 Å². The SMILES string of the molecule is O=S(=O)(O)O.[Cr].[O]=[Cr](=[O])([OH])[OH]. The normalized spacial score (nSPS) is 10.5. The first-order valence-corrected chi connectivity index (χ1v) is 4.98. The van der Waals surface area contributed by atoms with Crippen molar-refractivity contribution in [3.05, 3.63) is 0 Å². The third-order valence-corrected chi connectivity index (χ3v) is 0. The van der Waals surface area contributed by atoms with Crippen LogP contribution in [0.4, 0.5) is 0 Å². The summed E-state index contributed by atoms with van der Waals surface area (Å²) in [5.41, 5.74) is 0. The van der Waals surface area contributed by atoms with Gasteiger partial charge in [-0.2, -0.15) is 8.42 Å². The van der Waals surface area contributed by atoms with Crippen molar-refractivity contribution < 1.29 is 64.4 Å². The average Bonchev–Trinajstić information content (AvgIpc) is 1.12. The quantitative estimate of drug-likeness (QED) is 0.368. The van der Waals surface area contributed by atoms with Gasteiger partial charge in [-0.05, 0) is 0 Å². The van der Waals surface area contributed by atoms with Crippen LogP contribution in [0.15, 0.2) is 0 Å². The standard InChI is InChI=1S/2Cr.H2O4S.2H2O.2O/c;;1-5(2,3)4;;;;/h;;(H2,1,2,3,4);2*1H2;;/q;+2;;;;;/p-2. The summed E-state index contributed by atoms with van der Waals surface area (Å²) < 4.78 is 63.5. The maximum atomic E-state index is 8.82. The van der Waals surface area contributed by atoms with Crippen LogP contribution in [0, 0.1) is 0 Å². The Bertz CT molecular complexity index is 208. The molecule has 70 valence electrons. The third-order valence-electron chi connectivity index (χ3n) is 0. The molecule has 4 N–H and O–H groups in total. The Morgan fingerprint density at radius 2 is 1.00 bits per heavy atom. The molecule has 0 heterocycles. The fraction of sp³-hybridized carbons (Fsp3) is 0. The van der Waals surface area contributed by atoms with Crippen LogP contribution in [0.25, 0.3) is 0 Å². The van der Waals surface area contributed by atoms with Crippen molar-refractivity contribution in [1.29, 1.82) is 0 Å². The van der Waals surface area contributed by atoms with Gasteiger partial charge in [0, 0.05) is 17.4 Å². The van der Waals surface area contributed by atoms with Crippen LogP contribution in [0.2, 0.25) is 0 Å². The molecule has 0 aliphatic heterocycles. The summed E-state index contributed by atoms with van der Waals surface area (Å²) in [6.07, 6.45) is 0. The summed E-state index contributed by atoms with van der Waals surface area (Å²) in [4.78, 5) is 0. The molecule has 0 saturated carbocycles. The van der Waals surface area contributed by atoms with Gasteiger partial charge in [-0.3, -0.25) is 9.11 Å². The summed E-state index contributed by atoms with van der Waals surface area (Å²) in [6, 6.07) is 0. The van der Waals surface area contributed by atoms with E-state index in [-0.39, 0.29) is 17.4 Å². The summed E-state index contributed by atoms with van der Waals surface area (Å²) in [6.45, 7) is 0. The van der Waals surface area contributed by atoms with Gasteiger partial charge in [0.2, 0.25) is 0 Å². The zero-order valence-corrected chi connectivity index (χ0v) is 8.01. The summed E-state index contributed by atoms with van der Waals surface area (Å²) in [7, 11) is -4.67. The van der Waals surface area contributed by atoms with E-state index < -0.39 is 24.0 Å². The van der Waals surface area contributed by atoms with Crippen LogP contribution in [0.3, 0.4) is 0 Å². The second-order valence-electron chi connectivity index (χ2n) is 0.896. The van der Waals surface area contributed by atoms with E-state index >= 15 is 0 Å². The Morgan fingerprint density at radius 1 is 1.00 bits per heavy atom. The molecule has 8 nitrogen and oxygen atoms in total. The molecule has 11 heavy (non-hydrogen) atoms. The van der Waals surface area contributed by atoms with Crippen molar-refractivity contribution in [3.63, 3.8) is 0 Å². The van der Waals surface area contributed by atoms with Crippen LogP contribution in [-0.4, -0.2) is 25.8 Å². The zero-order valence-electron chi connectivity index (χ0n) is 4.65. The van der Waals surface area contributed by atoms with Crippen LogP contribution in [-0.2, 0) is 49.0 Å².